The Kier molecular flexibility index (Phi) is 5.35. The highest BCUT2D eigenvalue weighted by Crippen LogP contribution is 2.20. The van der Waals surface area contributed by atoms with Crippen LogP contribution in [0.3, 0.4) is 0 Å². The van der Waals surface area contributed by atoms with Gasteiger partial charge in [0.15, 0.2) is 5.82 Å². The van der Waals surface area contributed by atoms with E-state index < -0.39 is 0 Å². The van der Waals surface area contributed by atoms with Crippen molar-refractivity contribution in [2.24, 2.45) is 5.73 Å². The highest BCUT2D eigenvalue weighted by molar-refractivity contribution is 5.49. The number of hydrogen-bond acceptors (Lipinski definition) is 4. The zero-order chi connectivity index (χ0) is 12.8. The van der Waals surface area contributed by atoms with Crippen molar-refractivity contribution < 1.29 is 0 Å². The van der Waals surface area contributed by atoms with Gasteiger partial charge < -0.3 is 10.6 Å². The van der Waals surface area contributed by atoms with Crippen molar-refractivity contribution in [2.45, 2.75) is 46.6 Å². The van der Waals surface area contributed by atoms with Gasteiger partial charge in [0.1, 0.15) is 0 Å². The lowest BCUT2D eigenvalue weighted by Gasteiger charge is -2.21. The summed E-state index contributed by atoms with van der Waals surface area (Å²) in [6.07, 6.45) is 3.67. The van der Waals surface area contributed by atoms with Crippen molar-refractivity contribution in [2.75, 3.05) is 18.5 Å². The third kappa shape index (κ3) is 3.40. The van der Waals surface area contributed by atoms with Gasteiger partial charge in [-0.15, -0.1) is 5.10 Å². The third-order valence-electron chi connectivity index (χ3n) is 3.22. The molecule has 96 valence electrons. The van der Waals surface area contributed by atoms with Gasteiger partial charge in [-0.1, -0.05) is 19.8 Å². The fourth-order valence-corrected chi connectivity index (χ4v) is 1.90. The molecule has 0 spiro atoms. The molecule has 0 atom stereocenters. The largest absolute Gasteiger partial charge is 0.358 e. The molecule has 0 fully saturated rings. The highest BCUT2D eigenvalue weighted by atomic mass is 15.2. The normalized spacial score (nSPS) is 10.6. The van der Waals surface area contributed by atoms with Gasteiger partial charge in [0, 0.05) is 25.7 Å². The van der Waals surface area contributed by atoms with Crippen molar-refractivity contribution >= 4 is 5.82 Å². The first-order chi connectivity index (χ1) is 8.11. The molecule has 0 radical (unpaired) electrons. The predicted molar refractivity (Wildman–Crippen MR) is 72.2 cm³/mol. The van der Waals surface area contributed by atoms with Crippen LogP contribution in [0.25, 0.3) is 0 Å². The van der Waals surface area contributed by atoms with Gasteiger partial charge in [-0.05, 0) is 25.8 Å². The van der Waals surface area contributed by atoms with Crippen LogP contribution in [0.2, 0.25) is 0 Å². The average molecular weight is 236 g/mol. The summed E-state index contributed by atoms with van der Waals surface area (Å²) in [6.45, 7) is 7.78. The summed E-state index contributed by atoms with van der Waals surface area (Å²) in [5, 5.41) is 8.47. The zero-order valence-electron chi connectivity index (χ0n) is 11.5. The Labute approximate surface area is 104 Å². The Morgan fingerprint density at radius 3 is 2.47 bits per heavy atom. The molecule has 0 amide bonds. The topological polar surface area (TPSA) is 55.0 Å². The molecule has 1 aromatic heterocycles. The maximum absolute atomic E-state index is 5.82. The van der Waals surface area contributed by atoms with Crippen LogP contribution >= 0.6 is 0 Å². The Morgan fingerprint density at radius 2 is 1.88 bits per heavy atom. The van der Waals surface area contributed by atoms with Gasteiger partial charge in [0.25, 0.3) is 0 Å². The van der Waals surface area contributed by atoms with E-state index in [1.54, 1.807) is 0 Å². The summed E-state index contributed by atoms with van der Waals surface area (Å²) < 4.78 is 0. The summed E-state index contributed by atoms with van der Waals surface area (Å²) in [5.74, 6) is 0.937. The number of unbranched alkanes of at least 4 members (excludes halogenated alkanes) is 2. The van der Waals surface area contributed by atoms with Crippen molar-refractivity contribution in [1.82, 2.24) is 10.2 Å². The molecule has 1 heterocycles. The minimum Gasteiger partial charge on any atom is -0.358 e. The quantitative estimate of drug-likeness (QED) is 0.769. The first-order valence-electron chi connectivity index (χ1n) is 6.35. The van der Waals surface area contributed by atoms with E-state index in [1.807, 2.05) is 6.92 Å². The molecule has 1 aromatic rings. The van der Waals surface area contributed by atoms with Gasteiger partial charge in [0.2, 0.25) is 0 Å². The molecule has 1 rings (SSSR count). The molecule has 0 aliphatic rings. The van der Waals surface area contributed by atoms with Crippen molar-refractivity contribution in [3.63, 3.8) is 0 Å². The van der Waals surface area contributed by atoms with E-state index in [0.717, 1.165) is 23.6 Å². The lowest BCUT2D eigenvalue weighted by molar-refractivity contribution is 0.694. The van der Waals surface area contributed by atoms with E-state index in [9.17, 15) is 0 Å². The molecule has 17 heavy (non-hydrogen) atoms. The minimum absolute atomic E-state index is 0.523. The van der Waals surface area contributed by atoms with Crippen LogP contribution in [0.1, 0.15) is 43.0 Å². The first-order valence-corrected chi connectivity index (χ1v) is 6.35. The van der Waals surface area contributed by atoms with Crippen molar-refractivity contribution in [3.05, 3.63) is 16.8 Å². The third-order valence-corrected chi connectivity index (χ3v) is 3.22. The predicted octanol–water partition coefficient (Wildman–Crippen LogP) is 2.18. The van der Waals surface area contributed by atoms with Gasteiger partial charge in [-0.3, -0.25) is 0 Å². The molecule has 4 nitrogen and oxygen atoms in total. The fraction of sp³-hybridized carbons (Fsp3) is 0.692. The van der Waals surface area contributed by atoms with E-state index in [-0.39, 0.29) is 0 Å². The average Bonchev–Trinajstić information content (AvgIpc) is 2.32. The summed E-state index contributed by atoms with van der Waals surface area (Å²) in [7, 11) is 2.06. The molecule has 0 unspecified atom stereocenters. The number of nitrogens with zero attached hydrogens (tertiary/aromatic N) is 3. The first kappa shape index (κ1) is 13.9. The van der Waals surface area contributed by atoms with Gasteiger partial charge in [-0.25, -0.2) is 0 Å². The smallest absolute Gasteiger partial charge is 0.155 e. The SMILES string of the molecule is CCCCCN(C)c1nnc(C)c(C)c1CN. The van der Waals surface area contributed by atoms with Crippen molar-refractivity contribution in [1.29, 1.82) is 0 Å². The van der Waals surface area contributed by atoms with Crippen LogP contribution in [0, 0.1) is 13.8 Å². The summed E-state index contributed by atoms with van der Waals surface area (Å²) in [4.78, 5) is 2.16. The number of rotatable bonds is 6. The standard InChI is InChI=1S/C13H24N4/c1-5-6-7-8-17(4)13-12(9-14)10(2)11(3)15-16-13/h5-9,14H2,1-4H3. The minimum atomic E-state index is 0.523. The number of aryl methyl sites for hydroxylation is 1. The molecule has 2 N–H and O–H groups in total. The van der Waals surface area contributed by atoms with E-state index in [2.05, 4.69) is 36.0 Å². The second-order valence-corrected chi connectivity index (χ2v) is 4.55. The Hall–Kier alpha value is -1.16. The maximum Gasteiger partial charge on any atom is 0.155 e. The van der Waals surface area contributed by atoms with E-state index in [1.165, 1.54) is 24.8 Å². The van der Waals surface area contributed by atoms with Crippen LogP contribution in [-0.4, -0.2) is 23.8 Å². The van der Waals surface area contributed by atoms with E-state index >= 15 is 0 Å². The molecule has 0 aliphatic heterocycles. The highest BCUT2D eigenvalue weighted by Gasteiger charge is 2.12. The van der Waals surface area contributed by atoms with Crippen LogP contribution in [0.5, 0.6) is 0 Å². The molecular formula is C13H24N4. The Morgan fingerprint density at radius 1 is 1.18 bits per heavy atom. The Bertz CT molecular complexity index is 363. The lowest BCUT2D eigenvalue weighted by atomic mass is 10.1. The summed E-state index contributed by atoms with van der Waals surface area (Å²) in [5.41, 5.74) is 9.08. The molecule has 0 saturated heterocycles. The van der Waals surface area contributed by atoms with Crippen LogP contribution in [0.15, 0.2) is 0 Å². The maximum atomic E-state index is 5.82. The second kappa shape index (κ2) is 6.55. The number of anilines is 1. The monoisotopic (exact) mass is 236 g/mol. The Balaban J connectivity index is 2.85. The van der Waals surface area contributed by atoms with Gasteiger partial charge in [0.05, 0.1) is 5.69 Å². The summed E-state index contributed by atoms with van der Waals surface area (Å²) >= 11 is 0. The number of aromatic nitrogens is 2. The van der Waals surface area contributed by atoms with E-state index in [0.29, 0.717) is 6.54 Å². The molecule has 0 saturated carbocycles. The van der Waals surface area contributed by atoms with E-state index in [4.69, 9.17) is 5.73 Å². The zero-order valence-corrected chi connectivity index (χ0v) is 11.5. The fourth-order valence-electron chi connectivity index (χ4n) is 1.90. The van der Waals surface area contributed by atoms with Crippen LogP contribution < -0.4 is 10.6 Å². The molecule has 4 heteroatoms. The van der Waals surface area contributed by atoms with Crippen LogP contribution in [-0.2, 0) is 6.54 Å². The van der Waals surface area contributed by atoms with Crippen molar-refractivity contribution in [3.8, 4) is 0 Å². The van der Waals surface area contributed by atoms with Crippen LogP contribution in [0.4, 0.5) is 5.82 Å². The molecular weight excluding hydrogens is 212 g/mol. The second-order valence-electron chi connectivity index (χ2n) is 4.55. The lowest BCUT2D eigenvalue weighted by Crippen LogP contribution is -2.23. The summed E-state index contributed by atoms with van der Waals surface area (Å²) in [6, 6.07) is 0. The van der Waals surface area contributed by atoms with Gasteiger partial charge in [-0.2, -0.15) is 5.10 Å². The molecule has 0 bridgehead atoms. The molecule has 0 aliphatic carbocycles. The molecule has 0 aromatic carbocycles. The van der Waals surface area contributed by atoms with Gasteiger partial charge >= 0.3 is 0 Å². The number of hydrogen-bond donors (Lipinski definition) is 1. The number of nitrogens with two attached hydrogens (primary N) is 1.